The molecule has 0 bridgehead atoms. The topological polar surface area (TPSA) is 58.7 Å². The predicted molar refractivity (Wildman–Crippen MR) is 132 cm³/mol. The minimum absolute atomic E-state index is 0.191. The highest BCUT2D eigenvalue weighted by Crippen LogP contribution is 2.28. The number of unbranched alkanes of at least 4 members (excludes halogenated alkanes) is 1. The molecule has 0 atom stereocenters. The lowest BCUT2D eigenvalue weighted by Gasteiger charge is -2.16. The summed E-state index contributed by atoms with van der Waals surface area (Å²) in [7, 11) is 0. The summed E-state index contributed by atoms with van der Waals surface area (Å²) < 4.78 is 32.1. The van der Waals surface area contributed by atoms with Crippen LogP contribution in [0.2, 0.25) is 0 Å². The first kappa shape index (κ1) is 24.0. The molecule has 35 heavy (non-hydrogen) atoms. The van der Waals surface area contributed by atoms with Crippen molar-refractivity contribution in [3.63, 3.8) is 0 Å². The lowest BCUT2D eigenvalue weighted by Crippen LogP contribution is -2.28. The molecule has 4 nitrogen and oxygen atoms in total. The van der Waals surface area contributed by atoms with Gasteiger partial charge in [0.05, 0.1) is 23.0 Å². The second-order valence-corrected chi connectivity index (χ2v) is 8.42. The van der Waals surface area contributed by atoms with Crippen molar-refractivity contribution in [2.24, 2.45) is 0 Å². The van der Waals surface area contributed by atoms with E-state index in [9.17, 15) is 10.1 Å². The van der Waals surface area contributed by atoms with E-state index in [2.05, 4.69) is 11.1 Å². The van der Waals surface area contributed by atoms with E-state index in [1.165, 1.54) is 16.7 Å². The number of aromatic nitrogens is 2. The molecule has 0 spiro atoms. The molecule has 1 heterocycles. The van der Waals surface area contributed by atoms with Crippen molar-refractivity contribution in [2.45, 2.75) is 39.5 Å². The zero-order valence-corrected chi connectivity index (χ0v) is 19.7. The SMILES string of the molecule is CCCCc1nc(C)n(-c2ccccc2)c(=O)c1Cc1c(F)cc(-c2ccccc2C#N)cc1F. The Morgan fingerprint density at radius 3 is 2.29 bits per heavy atom. The third kappa shape index (κ3) is 4.90. The molecule has 0 saturated carbocycles. The van der Waals surface area contributed by atoms with Gasteiger partial charge in [-0.15, -0.1) is 0 Å². The van der Waals surface area contributed by atoms with Gasteiger partial charge >= 0.3 is 0 Å². The average Bonchev–Trinajstić information content (AvgIpc) is 2.86. The van der Waals surface area contributed by atoms with E-state index >= 15 is 8.78 Å². The fourth-order valence-corrected chi connectivity index (χ4v) is 4.26. The molecule has 0 N–H and O–H groups in total. The quantitative estimate of drug-likeness (QED) is 0.320. The maximum atomic E-state index is 15.3. The molecule has 0 aliphatic rings. The minimum Gasteiger partial charge on any atom is -0.269 e. The van der Waals surface area contributed by atoms with E-state index in [1.54, 1.807) is 43.3 Å². The Bertz CT molecular complexity index is 1450. The van der Waals surface area contributed by atoms with Gasteiger partial charge in [-0.1, -0.05) is 49.7 Å². The highest BCUT2D eigenvalue weighted by molar-refractivity contribution is 5.71. The molecule has 3 aromatic carbocycles. The van der Waals surface area contributed by atoms with Gasteiger partial charge in [-0.2, -0.15) is 5.26 Å². The van der Waals surface area contributed by atoms with Crippen LogP contribution in [0.5, 0.6) is 0 Å². The van der Waals surface area contributed by atoms with E-state index in [0.29, 0.717) is 34.8 Å². The summed E-state index contributed by atoms with van der Waals surface area (Å²) in [6, 6.07) is 20.2. The van der Waals surface area contributed by atoms with E-state index in [-0.39, 0.29) is 28.7 Å². The van der Waals surface area contributed by atoms with Crippen LogP contribution in [0.4, 0.5) is 8.78 Å². The maximum Gasteiger partial charge on any atom is 0.261 e. The number of para-hydroxylation sites is 1. The van der Waals surface area contributed by atoms with Crippen molar-refractivity contribution < 1.29 is 8.78 Å². The van der Waals surface area contributed by atoms with Gasteiger partial charge in [-0.05, 0) is 61.2 Å². The molecule has 0 aliphatic heterocycles. The summed E-state index contributed by atoms with van der Waals surface area (Å²) in [6.45, 7) is 3.80. The molecule has 176 valence electrons. The Labute approximate surface area is 203 Å². The molecule has 0 amide bonds. The lowest BCUT2D eigenvalue weighted by atomic mass is 9.95. The first-order valence-corrected chi connectivity index (χ1v) is 11.6. The number of nitriles is 1. The Balaban J connectivity index is 1.83. The summed E-state index contributed by atoms with van der Waals surface area (Å²) in [5, 5.41) is 9.36. The molecule has 4 aromatic rings. The molecular weight excluding hydrogens is 444 g/mol. The van der Waals surface area contributed by atoms with Crippen LogP contribution in [-0.4, -0.2) is 9.55 Å². The largest absolute Gasteiger partial charge is 0.269 e. The predicted octanol–water partition coefficient (Wildman–Crippen LogP) is 6.29. The highest BCUT2D eigenvalue weighted by Gasteiger charge is 2.21. The summed E-state index contributed by atoms with van der Waals surface area (Å²) >= 11 is 0. The Morgan fingerprint density at radius 2 is 1.63 bits per heavy atom. The third-order valence-corrected chi connectivity index (χ3v) is 6.06. The number of hydrogen-bond acceptors (Lipinski definition) is 3. The van der Waals surface area contributed by atoms with Crippen LogP contribution >= 0.6 is 0 Å². The normalized spacial score (nSPS) is 10.8. The van der Waals surface area contributed by atoms with Crippen LogP contribution in [0.25, 0.3) is 16.8 Å². The second kappa shape index (κ2) is 10.4. The van der Waals surface area contributed by atoms with Gasteiger partial charge in [0, 0.05) is 17.5 Å². The number of rotatable bonds is 7. The number of hydrogen-bond donors (Lipinski definition) is 0. The number of halogens is 2. The molecule has 6 heteroatoms. The van der Waals surface area contributed by atoms with Gasteiger partial charge in [-0.25, -0.2) is 13.8 Å². The number of benzene rings is 3. The molecule has 4 rings (SSSR count). The van der Waals surface area contributed by atoms with Gasteiger partial charge in [0.25, 0.3) is 5.56 Å². The summed E-state index contributed by atoms with van der Waals surface area (Å²) in [6.07, 6.45) is 2.05. The fourth-order valence-electron chi connectivity index (χ4n) is 4.26. The molecular formula is C29H25F2N3O. The van der Waals surface area contributed by atoms with Gasteiger partial charge in [-0.3, -0.25) is 9.36 Å². The molecule has 0 saturated heterocycles. The minimum atomic E-state index is -0.763. The van der Waals surface area contributed by atoms with Crippen molar-refractivity contribution in [2.75, 3.05) is 0 Å². The molecule has 0 radical (unpaired) electrons. The van der Waals surface area contributed by atoms with Crippen LogP contribution in [0.1, 0.15) is 48.0 Å². The van der Waals surface area contributed by atoms with Crippen LogP contribution in [0.15, 0.2) is 71.5 Å². The number of aryl methyl sites for hydroxylation is 2. The molecule has 0 fully saturated rings. The smallest absolute Gasteiger partial charge is 0.261 e. The Hall–Kier alpha value is -4.11. The second-order valence-electron chi connectivity index (χ2n) is 8.42. The van der Waals surface area contributed by atoms with Crippen molar-refractivity contribution in [1.29, 1.82) is 5.26 Å². The van der Waals surface area contributed by atoms with Gasteiger partial charge in [0.1, 0.15) is 17.5 Å². The summed E-state index contributed by atoms with van der Waals surface area (Å²) in [4.78, 5) is 18.3. The summed E-state index contributed by atoms with van der Waals surface area (Å²) in [5.74, 6) is -0.999. The lowest BCUT2D eigenvalue weighted by molar-refractivity contribution is 0.560. The van der Waals surface area contributed by atoms with Crippen LogP contribution in [0, 0.1) is 29.9 Å². The number of nitrogens with zero attached hydrogens (tertiary/aromatic N) is 3. The fraction of sp³-hybridized carbons (Fsp3) is 0.207. The standard InChI is InChI=1S/C29H25F2N3O/c1-3-4-14-28-25(29(35)34(19(2)33-28)22-11-6-5-7-12-22)17-24-26(30)15-21(16-27(24)31)23-13-9-8-10-20(23)18-32/h5-13,15-16H,3-4,14,17H2,1-2H3. The van der Waals surface area contributed by atoms with Crippen molar-refractivity contribution in [3.8, 4) is 22.9 Å². The van der Waals surface area contributed by atoms with Crippen LogP contribution in [0.3, 0.4) is 0 Å². The summed E-state index contributed by atoms with van der Waals surface area (Å²) in [5.41, 5.74) is 2.04. The van der Waals surface area contributed by atoms with Crippen molar-refractivity contribution in [3.05, 3.63) is 117 Å². The van der Waals surface area contributed by atoms with E-state index in [4.69, 9.17) is 0 Å². The zero-order valence-electron chi connectivity index (χ0n) is 19.7. The first-order valence-electron chi connectivity index (χ1n) is 11.6. The van der Waals surface area contributed by atoms with Gasteiger partial charge in [0.15, 0.2) is 0 Å². The molecule has 1 aromatic heterocycles. The third-order valence-electron chi connectivity index (χ3n) is 6.06. The van der Waals surface area contributed by atoms with E-state index < -0.39 is 11.6 Å². The van der Waals surface area contributed by atoms with Crippen LogP contribution in [-0.2, 0) is 12.8 Å². The zero-order chi connectivity index (χ0) is 24.9. The Morgan fingerprint density at radius 1 is 0.971 bits per heavy atom. The van der Waals surface area contributed by atoms with E-state index in [1.807, 2.05) is 25.1 Å². The van der Waals surface area contributed by atoms with Crippen LogP contribution < -0.4 is 5.56 Å². The maximum absolute atomic E-state index is 15.3. The first-order chi connectivity index (χ1) is 16.9. The average molecular weight is 470 g/mol. The van der Waals surface area contributed by atoms with Crippen molar-refractivity contribution >= 4 is 0 Å². The molecule has 0 unspecified atom stereocenters. The highest BCUT2D eigenvalue weighted by atomic mass is 19.1. The monoisotopic (exact) mass is 469 g/mol. The van der Waals surface area contributed by atoms with E-state index in [0.717, 1.165) is 12.8 Å². The molecule has 0 aliphatic carbocycles. The van der Waals surface area contributed by atoms with Crippen molar-refractivity contribution in [1.82, 2.24) is 9.55 Å². The van der Waals surface area contributed by atoms with Gasteiger partial charge < -0.3 is 0 Å². The van der Waals surface area contributed by atoms with Gasteiger partial charge in [0.2, 0.25) is 0 Å². The Kier molecular flexibility index (Phi) is 7.17.